The second-order valence-electron chi connectivity index (χ2n) is 7.32. The SMILES string of the molecule is O=C1c2ccccc2C(=Nc2ccc(OC(F)F)cc2)[C@@H]1c1ccc2ccccc2c1. The van der Waals surface area contributed by atoms with Crippen LogP contribution in [-0.4, -0.2) is 18.1 Å². The molecule has 4 aromatic rings. The molecule has 4 aromatic carbocycles. The molecule has 0 spiro atoms. The quantitative estimate of drug-likeness (QED) is 0.381. The zero-order chi connectivity index (χ0) is 21.4. The first-order chi connectivity index (χ1) is 15.1. The number of alkyl halides is 2. The lowest BCUT2D eigenvalue weighted by molar-refractivity contribution is -0.0498. The number of aliphatic imine (C=N–C) groups is 1. The predicted octanol–water partition coefficient (Wildman–Crippen LogP) is 6.54. The zero-order valence-electron chi connectivity index (χ0n) is 16.3. The summed E-state index contributed by atoms with van der Waals surface area (Å²) < 4.78 is 29.2. The van der Waals surface area contributed by atoms with E-state index in [4.69, 9.17) is 4.99 Å². The second-order valence-corrected chi connectivity index (χ2v) is 7.32. The van der Waals surface area contributed by atoms with E-state index in [0.717, 1.165) is 21.9 Å². The van der Waals surface area contributed by atoms with Gasteiger partial charge in [0.2, 0.25) is 0 Å². The van der Waals surface area contributed by atoms with Crippen molar-refractivity contribution in [1.29, 1.82) is 0 Å². The molecule has 5 rings (SSSR count). The highest BCUT2D eigenvalue weighted by Crippen LogP contribution is 2.37. The molecular formula is C26H17F2NO2. The molecule has 0 aliphatic heterocycles. The molecule has 1 aliphatic carbocycles. The lowest BCUT2D eigenvalue weighted by atomic mass is 9.91. The van der Waals surface area contributed by atoms with Crippen molar-refractivity contribution in [1.82, 2.24) is 0 Å². The fourth-order valence-corrected chi connectivity index (χ4v) is 4.02. The number of carbonyl (C=O) groups is 1. The molecule has 0 saturated carbocycles. The summed E-state index contributed by atoms with van der Waals surface area (Å²) in [5.41, 5.74) is 3.51. The summed E-state index contributed by atoms with van der Waals surface area (Å²) in [6.07, 6.45) is 0. The highest BCUT2D eigenvalue weighted by atomic mass is 19.3. The molecule has 31 heavy (non-hydrogen) atoms. The fourth-order valence-electron chi connectivity index (χ4n) is 4.02. The van der Waals surface area contributed by atoms with Gasteiger partial charge in [-0.2, -0.15) is 8.78 Å². The molecule has 3 nitrogen and oxygen atoms in total. The van der Waals surface area contributed by atoms with Crippen molar-refractivity contribution in [2.45, 2.75) is 12.5 Å². The van der Waals surface area contributed by atoms with Crippen LogP contribution in [0.3, 0.4) is 0 Å². The summed E-state index contributed by atoms with van der Waals surface area (Å²) in [4.78, 5) is 18.1. The number of nitrogens with zero attached hydrogens (tertiary/aromatic N) is 1. The Hall–Kier alpha value is -3.86. The first-order valence-corrected chi connectivity index (χ1v) is 9.86. The summed E-state index contributed by atoms with van der Waals surface area (Å²) in [6, 6.07) is 27.5. The fraction of sp³-hybridized carbons (Fsp3) is 0.0769. The van der Waals surface area contributed by atoms with Crippen LogP contribution in [0.15, 0.2) is 96.0 Å². The number of hydrogen-bond donors (Lipinski definition) is 0. The Kier molecular flexibility index (Phi) is 4.79. The molecule has 1 aliphatic rings. The summed E-state index contributed by atoms with van der Waals surface area (Å²) in [5, 5.41) is 2.15. The average Bonchev–Trinajstić information content (AvgIpc) is 3.06. The standard InChI is InChI=1S/C26H17F2NO2/c27-26(28)31-20-13-11-19(12-14-20)29-24-21-7-3-4-8-22(21)25(30)23(24)18-10-9-16-5-1-2-6-17(16)15-18/h1-15,23,26H/t23-/m0/s1. The van der Waals surface area contributed by atoms with E-state index in [1.165, 1.54) is 12.1 Å². The molecule has 0 amide bonds. The van der Waals surface area contributed by atoms with Gasteiger partial charge in [0.25, 0.3) is 0 Å². The van der Waals surface area contributed by atoms with Gasteiger partial charge in [0, 0.05) is 11.1 Å². The number of Topliss-reactive ketones (excluding diaryl/α,β-unsaturated/α-hetero) is 1. The zero-order valence-corrected chi connectivity index (χ0v) is 16.3. The van der Waals surface area contributed by atoms with Gasteiger partial charge in [0.05, 0.1) is 17.3 Å². The molecule has 0 fully saturated rings. The van der Waals surface area contributed by atoms with Gasteiger partial charge >= 0.3 is 6.61 Å². The highest BCUT2D eigenvalue weighted by Gasteiger charge is 2.37. The molecule has 0 aromatic heterocycles. The van der Waals surface area contributed by atoms with Gasteiger partial charge in [0.15, 0.2) is 5.78 Å². The largest absolute Gasteiger partial charge is 0.435 e. The van der Waals surface area contributed by atoms with Crippen molar-refractivity contribution in [3.63, 3.8) is 0 Å². The molecule has 0 bridgehead atoms. The van der Waals surface area contributed by atoms with Gasteiger partial charge in [-0.25, -0.2) is 0 Å². The van der Waals surface area contributed by atoms with E-state index in [1.54, 1.807) is 12.1 Å². The number of benzene rings is 4. The van der Waals surface area contributed by atoms with Gasteiger partial charge in [-0.1, -0.05) is 66.7 Å². The maximum absolute atomic E-state index is 13.3. The first kappa shape index (κ1) is 19.1. The Balaban J connectivity index is 1.61. The smallest absolute Gasteiger partial charge is 0.387 e. The minimum atomic E-state index is -2.88. The Morgan fingerprint density at radius 2 is 1.45 bits per heavy atom. The van der Waals surface area contributed by atoms with Crippen LogP contribution in [0.2, 0.25) is 0 Å². The van der Waals surface area contributed by atoms with Crippen molar-refractivity contribution < 1.29 is 18.3 Å². The summed E-state index contributed by atoms with van der Waals surface area (Å²) in [5.74, 6) is -0.464. The summed E-state index contributed by atoms with van der Waals surface area (Å²) >= 11 is 0. The van der Waals surface area contributed by atoms with Gasteiger partial charge in [-0.15, -0.1) is 0 Å². The lowest BCUT2D eigenvalue weighted by Gasteiger charge is -2.13. The van der Waals surface area contributed by atoms with Crippen LogP contribution in [0, 0.1) is 0 Å². The molecule has 0 radical (unpaired) electrons. The topological polar surface area (TPSA) is 38.7 Å². The van der Waals surface area contributed by atoms with Crippen LogP contribution in [0.25, 0.3) is 10.8 Å². The maximum atomic E-state index is 13.3. The van der Waals surface area contributed by atoms with E-state index in [1.807, 2.05) is 66.7 Å². The first-order valence-electron chi connectivity index (χ1n) is 9.86. The van der Waals surface area contributed by atoms with Crippen LogP contribution in [-0.2, 0) is 0 Å². The van der Waals surface area contributed by atoms with E-state index in [2.05, 4.69) is 4.74 Å². The number of ketones is 1. The van der Waals surface area contributed by atoms with Crippen molar-refractivity contribution in [3.05, 3.63) is 108 Å². The third kappa shape index (κ3) is 3.59. The van der Waals surface area contributed by atoms with Crippen molar-refractivity contribution >= 4 is 28.0 Å². The normalized spacial score (nSPS) is 16.8. The second kappa shape index (κ2) is 7.76. The molecule has 5 heteroatoms. The number of rotatable bonds is 4. The molecular weight excluding hydrogens is 396 g/mol. The summed E-state index contributed by atoms with van der Waals surface area (Å²) in [7, 11) is 0. The third-order valence-electron chi connectivity index (χ3n) is 5.42. The third-order valence-corrected chi connectivity index (χ3v) is 5.42. The molecule has 0 unspecified atom stereocenters. The molecule has 1 atom stereocenters. The lowest BCUT2D eigenvalue weighted by Crippen LogP contribution is -2.13. The van der Waals surface area contributed by atoms with E-state index in [-0.39, 0.29) is 11.5 Å². The number of fused-ring (bicyclic) bond motifs is 2. The predicted molar refractivity (Wildman–Crippen MR) is 117 cm³/mol. The van der Waals surface area contributed by atoms with Crippen LogP contribution in [0.5, 0.6) is 5.75 Å². The molecule has 0 N–H and O–H groups in total. The van der Waals surface area contributed by atoms with Crippen molar-refractivity contribution in [3.8, 4) is 5.75 Å². The Labute approximate surface area is 177 Å². The summed E-state index contributed by atoms with van der Waals surface area (Å²) in [6.45, 7) is -2.88. The van der Waals surface area contributed by atoms with Crippen LogP contribution >= 0.6 is 0 Å². The Morgan fingerprint density at radius 3 is 2.19 bits per heavy atom. The number of hydrogen-bond acceptors (Lipinski definition) is 3. The van der Waals surface area contributed by atoms with E-state index in [0.29, 0.717) is 17.0 Å². The molecule has 0 heterocycles. The van der Waals surface area contributed by atoms with Crippen molar-refractivity contribution in [2.75, 3.05) is 0 Å². The van der Waals surface area contributed by atoms with Gasteiger partial charge in [0.1, 0.15) is 5.75 Å². The number of carbonyl (C=O) groups excluding carboxylic acids is 1. The van der Waals surface area contributed by atoms with Gasteiger partial charge in [-0.05, 0) is 40.6 Å². The highest BCUT2D eigenvalue weighted by molar-refractivity contribution is 6.32. The van der Waals surface area contributed by atoms with E-state index >= 15 is 0 Å². The van der Waals surface area contributed by atoms with Gasteiger partial charge in [-0.3, -0.25) is 9.79 Å². The van der Waals surface area contributed by atoms with Crippen LogP contribution in [0.4, 0.5) is 14.5 Å². The molecule has 152 valence electrons. The maximum Gasteiger partial charge on any atom is 0.387 e. The monoisotopic (exact) mass is 413 g/mol. The molecule has 0 saturated heterocycles. The minimum absolute atomic E-state index is 0.00212. The average molecular weight is 413 g/mol. The number of halogens is 2. The van der Waals surface area contributed by atoms with E-state index < -0.39 is 12.5 Å². The van der Waals surface area contributed by atoms with Crippen LogP contribution < -0.4 is 4.74 Å². The Morgan fingerprint density at radius 1 is 0.774 bits per heavy atom. The number of ether oxygens (including phenoxy) is 1. The van der Waals surface area contributed by atoms with Crippen LogP contribution in [0.1, 0.15) is 27.4 Å². The van der Waals surface area contributed by atoms with E-state index in [9.17, 15) is 13.6 Å². The van der Waals surface area contributed by atoms with Crippen molar-refractivity contribution in [2.24, 2.45) is 4.99 Å². The van der Waals surface area contributed by atoms with Gasteiger partial charge < -0.3 is 4.74 Å². The Bertz CT molecular complexity index is 1310. The minimum Gasteiger partial charge on any atom is -0.435 e.